The molecule has 17 heavy (non-hydrogen) atoms. The Labute approximate surface area is 102 Å². The number of anilines is 1. The minimum atomic E-state index is -4.28. The Kier molecular flexibility index (Phi) is 3.31. The van der Waals surface area contributed by atoms with Gasteiger partial charge in [0.2, 0.25) is 0 Å². The number of aromatic nitrogens is 1. The Hall–Kier alpha value is -0.820. The molecule has 1 aromatic heterocycles. The van der Waals surface area contributed by atoms with Crippen LogP contribution in [0.25, 0.3) is 0 Å². The fraction of sp³-hybridized carbons (Fsp3) is 0.700. The first-order chi connectivity index (χ1) is 7.88. The summed E-state index contributed by atoms with van der Waals surface area (Å²) in [7, 11) is 3.97. The Bertz CT molecular complexity index is 388. The van der Waals surface area contributed by atoms with Gasteiger partial charge in [-0.05, 0) is 20.5 Å². The minimum Gasteiger partial charge on any atom is -0.346 e. The number of rotatable bonds is 2. The smallest absolute Gasteiger partial charge is 0.346 e. The van der Waals surface area contributed by atoms with E-state index in [1.54, 1.807) is 0 Å². The Balaban J connectivity index is 2.07. The van der Waals surface area contributed by atoms with E-state index >= 15 is 0 Å². The normalized spacial score (nSPS) is 21.5. The Morgan fingerprint density at radius 3 is 2.65 bits per heavy atom. The van der Waals surface area contributed by atoms with Gasteiger partial charge in [0.15, 0.2) is 5.13 Å². The summed E-state index contributed by atoms with van der Waals surface area (Å²) in [4.78, 5) is 7.26. The summed E-state index contributed by atoms with van der Waals surface area (Å²) in [6.07, 6.45) is -2.40. The highest BCUT2D eigenvalue weighted by atomic mass is 32.1. The average Bonchev–Trinajstić information content (AvgIpc) is 2.85. The molecule has 0 radical (unpaired) electrons. The predicted octanol–water partition coefficient (Wildman–Crippen LogP) is 2.30. The van der Waals surface area contributed by atoms with E-state index in [-0.39, 0.29) is 0 Å². The van der Waals surface area contributed by atoms with Crippen molar-refractivity contribution in [1.29, 1.82) is 0 Å². The maximum atomic E-state index is 12.4. The molecule has 0 aliphatic carbocycles. The van der Waals surface area contributed by atoms with E-state index in [2.05, 4.69) is 9.88 Å². The van der Waals surface area contributed by atoms with Crippen molar-refractivity contribution in [2.75, 3.05) is 32.1 Å². The molecule has 7 heteroatoms. The third kappa shape index (κ3) is 2.71. The third-order valence-corrected chi connectivity index (χ3v) is 4.04. The zero-order valence-corrected chi connectivity index (χ0v) is 10.5. The van der Waals surface area contributed by atoms with Gasteiger partial charge in [-0.3, -0.25) is 0 Å². The van der Waals surface area contributed by atoms with Crippen LogP contribution in [-0.2, 0) is 6.18 Å². The van der Waals surface area contributed by atoms with Gasteiger partial charge in [0, 0.05) is 19.1 Å². The number of alkyl halides is 3. The van der Waals surface area contributed by atoms with E-state index in [0.717, 1.165) is 37.0 Å². The lowest BCUT2D eigenvalue weighted by molar-refractivity contribution is -0.134. The summed E-state index contributed by atoms with van der Waals surface area (Å²) in [5.41, 5.74) is 0. The summed E-state index contributed by atoms with van der Waals surface area (Å²) in [6.45, 7) is 1.52. The number of halogens is 3. The van der Waals surface area contributed by atoms with Crippen molar-refractivity contribution < 1.29 is 13.2 Å². The first-order valence-electron chi connectivity index (χ1n) is 5.32. The molecule has 0 spiro atoms. The van der Waals surface area contributed by atoms with Gasteiger partial charge in [0.05, 0.1) is 6.20 Å². The second kappa shape index (κ2) is 4.45. The van der Waals surface area contributed by atoms with E-state index in [1.807, 2.05) is 19.0 Å². The van der Waals surface area contributed by atoms with E-state index in [0.29, 0.717) is 11.2 Å². The molecule has 1 atom stereocenters. The highest BCUT2D eigenvalue weighted by Gasteiger charge is 2.35. The molecular weight excluding hydrogens is 251 g/mol. The van der Waals surface area contributed by atoms with Crippen LogP contribution in [-0.4, -0.2) is 43.1 Å². The van der Waals surface area contributed by atoms with E-state index in [9.17, 15) is 13.2 Å². The Morgan fingerprint density at radius 1 is 1.47 bits per heavy atom. The second-order valence-corrected chi connectivity index (χ2v) is 5.37. The van der Waals surface area contributed by atoms with E-state index in [1.165, 1.54) is 0 Å². The fourth-order valence-corrected chi connectivity index (χ4v) is 2.70. The first-order valence-corrected chi connectivity index (χ1v) is 6.14. The summed E-state index contributed by atoms with van der Waals surface area (Å²) in [6, 6.07) is 0.397. The topological polar surface area (TPSA) is 19.4 Å². The molecule has 1 saturated heterocycles. The van der Waals surface area contributed by atoms with Gasteiger partial charge in [-0.1, -0.05) is 11.3 Å². The van der Waals surface area contributed by atoms with Crippen LogP contribution in [0.3, 0.4) is 0 Å². The highest BCUT2D eigenvalue weighted by molar-refractivity contribution is 7.15. The van der Waals surface area contributed by atoms with Gasteiger partial charge in [-0.15, -0.1) is 0 Å². The third-order valence-electron chi connectivity index (χ3n) is 2.94. The lowest BCUT2D eigenvalue weighted by Gasteiger charge is -2.19. The predicted molar refractivity (Wildman–Crippen MR) is 61.4 cm³/mol. The molecule has 1 aliphatic heterocycles. The largest absolute Gasteiger partial charge is 0.427 e. The van der Waals surface area contributed by atoms with Crippen LogP contribution in [0.15, 0.2) is 6.20 Å². The molecule has 1 aromatic rings. The average molecular weight is 265 g/mol. The number of thiazole rings is 1. The van der Waals surface area contributed by atoms with Gasteiger partial charge < -0.3 is 9.80 Å². The maximum absolute atomic E-state index is 12.4. The van der Waals surface area contributed by atoms with Crippen LogP contribution in [0.1, 0.15) is 11.3 Å². The van der Waals surface area contributed by atoms with Gasteiger partial charge in [-0.2, -0.15) is 13.2 Å². The molecule has 0 aromatic carbocycles. The number of hydrogen-bond donors (Lipinski definition) is 0. The maximum Gasteiger partial charge on any atom is 0.427 e. The zero-order valence-electron chi connectivity index (χ0n) is 9.66. The van der Waals surface area contributed by atoms with Crippen molar-refractivity contribution >= 4 is 16.5 Å². The molecule has 1 unspecified atom stereocenters. The SMILES string of the molecule is CN(C)C1CCN(c2ncc(C(F)(F)F)s2)C1. The van der Waals surface area contributed by atoms with Crippen LogP contribution in [0, 0.1) is 0 Å². The van der Waals surface area contributed by atoms with Crippen LogP contribution < -0.4 is 4.90 Å². The number of nitrogens with zero attached hydrogens (tertiary/aromatic N) is 3. The Morgan fingerprint density at radius 2 is 2.18 bits per heavy atom. The molecule has 1 fully saturated rings. The molecule has 0 N–H and O–H groups in total. The van der Waals surface area contributed by atoms with Gasteiger partial charge in [0.25, 0.3) is 0 Å². The monoisotopic (exact) mass is 265 g/mol. The van der Waals surface area contributed by atoms with Crippen molar-refractivity contribution in [3.8, 4) is 0 Å². The highest BCUT2D eigenvalue weighted by Crippen LogP contribution is 2.37. The van der Waals surface area contributed by atoms with Gasteiger partial charge in [-0.25, -0.2) is 4.98 Å². The van der Waals surface area contributed by atoms with Crippen molar-refractivity contribution in [2.45, 2.75) is 18.6 Å². The van der Waals surface area contributed by atoms with E-state index < -0.39 is 11.1 Å². The number of likely N-dealkylation sites (N-methyl/N-ethyl adjacent to an activating group) is 1. The second-order valence-electron chi connectivity index (χ2n) is 4.36. The summed E-state index contributed by atoms with van der Waals surface area (Å²) < 4.78 is 37.3. The summed E-state index contributed by atoms with van der Waals surface area (Å²) >= 11 is 0.722. The quantitative estimate of drug-likeness (QED) is 0.818. The summed E-state index contributed by atoms with van der Waals surface area (Å²) in [5, 5.41) is 0.474. The zero-order chi connectivity index (χ0) is 12.6. The summed E-state index contributed by atoms with van der Waals surface area (Å²) in [5.74, 6) is 0. The lowest BCUT2D eigenvalue weighted by Crippen LogP contribution is -2.31. The molecule has 0 bridgehead atoms. The number of hydrogen-bond acceptors (Lipinski definition) is 4. The van der Waals surface area contributed by atoms with Crippen LogP contribution in [0.2, 0.25) is 0 Å². The van der Waals surface area contributed by atoms with Crippen LogP contribution in [0.5, 0.6) is 0 Å². The fourth-order valence-electron chi connectivity index (χ4n) is 1.88. The molecular formula is C10H14F3N3S. The molecule has 3 nitrogen and oxygen atoms in total. The standard InChI is InChI=1S/C10H14F3N3S/c1-15(2)7-3-4-16(6-7)9-14-5-8(17-9)10(11,12)13/h5,7H,3-4,6H2,1-2H3. The van der Waals surface area contributed by atoms with Gasteiger partial charge >= 0.3 is 6.18 Å². The van der Waals surface area contributed by atoms with Crippen molar-refractivity contribution in [1.82, 2.24) is 9.88 Å². The molecule has 96 valence electrons. The molecule has 2 heterocycles. The molecule has 2 rings (SSSR count). The lowest BCUT2D eigenvalue weighted by atomic mass is 10.2. The van der Waals surface area contributed by atoms with Crippen LogP contribution in [0.4, 0.5) is 18.3 Å². The molecule has 0 saturated carbocycles. The van der Waals surface area contributed by atoms with Gasteiger partial charge in [0.1, 0.15) is 4.88 Å². The minimum absolute atomic E-state index is 0.397. The van der Waals surface area contributed by atoms with E-state index in [4.69, 9.17) is 0 Å². The van der Waals surface area contributed by atoms with Crippen molar-refractivity contribution in [2.24, 2.45) is 0 Å². The van der Waals surface area contributed by atoms with Crippen LogP contribution >= 0.6 is 11.3 Å². The molecule has 0 amide bonds. The first kappa shape index (κ1) is 12.6. The van der Waals surface area contributed by atoms with Crippen molar-refractivity contribution in [3.63, 3.8) is 0 Å². The molecule has 1 aliphatic rings. The van der Waals surface area contributed by atoms with Crippen molar-refractivity contribution in [3.05, 3.63) is 11.1 Å².